The number of hydrogen-bond donors (Lipinski definition) is 6. The Morgan fingerprint density at radius 1 is 0.444 bits per heavy atom. The molecule has 0 aromatic rings. The van der Waals surface area contributed by atoms with Crippen molar-refractivity contribution in [1.29, 1.82) is 0 Å². The first-order chi connectivity index (χ1) is 39.7. The Labute approximate surface area is 499 Å². The number of carbonyl (C=O) groups is 2. The summed E-state index contributed by atoms with van der Waals surface area (Å²) in [5.41, 5.74) is 0. The molecular formula is C70H133NO10. The van der Waals surface area contributed by atoms with E-state index < -0.39 is 49.5 Å². The van der Waals surface area contributed by atoms with Gasteiger partial charge >= 0.3 is 5.97 Å². The highest BCUT2D eigenvalue weighted by Gasteiger charge is 2.44. The molecule has 1 heterocycles. The molecule has 1 fully saturated rings. The van der Waals surface area contributed by atoms with Gasteiger partial charge in [-0.25, -0.2) is 0 Å². The molecule has 1 saturated heterocycles. The van der Waals surface area contributed by atoms with Crippen molar-refractivity contribution in [1.82, 2.24) is 5.32 Å². The van der Waals surface area contributed by atoms with Crippen LogP contribution in [0.1, 0.15) is 348 Å². The third-order valence-electron chi connectivity index (χ3n) is 16.8. The smallest absolute Gasteiger partial charge is 0.305 e. The Morgan fingerprint density at radius 2 is 0.790 bits per heavy atom. The second-order valence-corrected chi connectivity index (χ2v) is 24.6. The minimum absolute atomic E-state index is 0.0117. The summed E-state index contributed by atoms with van der Waals surface area (Å²) >= 11 is 0. The van der Waals surface area contributed by atoms with Gasteiger partial charge in [-0.05, 0) is 57.8 Å². The van der Waals surface area contributed by atoms with Crippen LogP contribution in [0.15, 0.2) is 24.3 Å². The van der Waals surface area contributed by atoms with Crippen molar-refractivity contribution in [2.45, 2.75) is 391 Å². The number of allylic oxidation sites excluding steroid dienone is 3. The molecule has 0 aliphatic carbocycles. The van der Waals surface area contributed by atoms with E-state index in [1.54, 1.807) is 6.08 Å². The van der Waals surface area contributed by atoms with Gasteiger partial charge in [-0.3, -0.25) is 9.59 Å². The van der Waals surface area contributed by atoms with Crippen LogP contribution in [0.2, 0.25) is 0 Å². The van der Waals surface area contributed by atoms with Gasteiger partial charge in [0.05, 0.1) is 32.0 Å². The fourth-order valence-corrected chi connectivity index (χ4v) is 11.3. The number of carbonyl (C=O) groups excluding carboxylic acids is 2. The lowest BCUT2D eigenvalue weighted by Gasteiger charge is -2.40. The van der Waals surface area contributed by atoms with Crippen molar-refractivity contribution in [3.63, 3.8) is 0 Å². The largest absolute Gasteiger partial charge is 0.466 e. The van der Waals surface area contributed by atoms with Gasteiger partial charge in [0.1, 0.15) is 24.4 Å². The summed E-state index contributed by atoms with van der Waals surface area (Å²) in [6.07, 6.45) is 64.7. The average molecular weight is 1150 g/mol. The summed E-state index contributed by atoms with van der Waals surface area (Å²) in [6, 6.07) is -0.806. The first kappa shape index (κ1) is 77.2. The molecule has 478 valence electrons. The first-order valence-electron chi connectivity index (χ1n) is 35.1. The van der Waals surface area contributed by atoms with E-state index in [0.29, 0.717) is 19.4 Å². The lowest BCUT2D eigenvalue weighted by atomic mass is 9.99. The van der Waals surface area contributed by atoms with Crippen LogP contribution in [0.25, 0.3) is 0 Å². The van der Waals surface area contributed by atoms with E-state index in [-0.39, 0.29) is 18.5 Å². The predicted octanol–water partition coefficient (Wildman–Crippen LogP) is 17.6. The molecule has 0 radical (unpaired) electrons. The van der Waals surface area contributed by atoms with Crippen molar-refractivity contribution in [3.05, 3.63) is 24.3 Å². The number of nitrogens with one attached hydrogen (secondary N) is 1. The maximum Gasteiger partial charge on any atom is 0.305 e. The van der Waals surface area contributed by atoms with Crippen LogP contribution >= 0.6 is 0 Å². The van der Waals surface area contributed by atoms with Gasteiger partial charge in [0.25, 0.3) is 0 Å². The molecule has 1 aliphatic rings. The number of hydrogen-bond acceptors (Lipinski definition) is 10. The fraction of sp³-hybridized carbons (Fsp3) is 0.914. The molecule has 0 bridgehead atoms. The van der Waals surface area contributed by atoms with Crippen LogP contribution in [0.4, 0.5) is 0 Å². The lowest BCUT2D eigenvalue weighted by molar-refractivity contribution is -0.302. The highest BCUT2D eigenvalue weighted by molar-refractivity contribution is 5.76. The molecule has 81 heavy (non-hydrogen) atoms. The van der Waals surface area contributed by atoms with Crippen molar-refractivity contribution in [2.24, 2.45) is 0 Å². The summed E-state index contributed by atoms with van der Waals surface area (Å²) in [7, 11) is 0. The van der Waals surface area contributed by atoms with Crippen LogP contribution in [-0.2, 0) is 23.8 Å². The normalized spacial score (nSPS) is 18.3. The maximum absolute atomic E-state index is 13.0. The van der Waals surface area contributed by atoms with Crippen molar-refractivity contribution in [2.75, 3.05) is 19.8 Å². The Bertz CT molecular complexity index is 1390. The van der Waals surface area contributed by atoms with E-state index in [4.69, 9.17) is 14.2 Å². The molecule has 6 N–H and O–H groups in total. The third kappa shape index (κ3) is 49.0. The van der Waals surface area contributed by atoms with E-state index in [2.05, 4.69) is 31.3 Å². The number of unbranched alkanes of at least 4 members (excludes halogenated alkanes) is 46. The summed E-state index contributed by atoms with van der Waals surface area (Å²) in [6.45, 7) is 4.35. The van der Waals surface area contributed by atoms with Gasteiger partial charge in [0.2, 0.25) is 5.91 Å². The molecule has 7 unspecified atom stereocenters. The number of amides is 1. The van der Waals surface area contributed by atoms with Gasteiger partial charge in [0, 0.05) is 12.8 Å². The van der Waals surface area contributed by atoms with Crippen molar-refractivity contribution >= 4 is 11.9 Å². The van der Waals surface area contributed by atoms with Crippen LogP contribution < -0.4 is 5.32 Å². The molecule has 1 amide bonds. The topological polar surface area (TPSA) is 175 Å². The fourth-order valence-electron chi connectivity index (χ4n) is 11.3. The molecule has 1 rings (SSSR count). The zero-order chi connectivity index (χ0) is 58.7. The summed E-state index contributed by atoms with van der Waals surface area (Å²) in [5.74, 6) is -0.169. The lowest BCUT2D eigenvalue weighted by Crippen LogP contribution is -2.60. The molecule has 7 atom stereocenters. The Balaban J connectivity index is 1.91. The summed E-state index contributed by atoms with van der Waals surface area (Å²) in [4.78, 5) is 25.1. The summed E-state index contributed by atoms with van der Waals surface area (Å²) < 4.78 is 16.7. The Hall–Kier alpha value is -1.86. The highest BCUT2D eigenvalue weighted by atomic mass is 16.7. The number of ether oxygens (including phenoxy) is 3. The quantitative estimate of drug-likeness (QED) is 0.0195. The first-order valence-corrected chi connectivity index (χ1v) is 35.1. The van der Waals surface area contributed by atoms with Gasteiger partial charge in [0.15, 0.2) is 6.29 Å². The zero-order valence-electron chi connectivity index (χ0n) is 53.0. The minimum atomic E-state index is -1.57. The molecule has 0 aromatic carbocycles. The molecule has 1 aliphatic heterocycles. The molecule has 0 spiro atoms. The van der Waals surface area contributed by atoms with Crippen LogP contribution in [0, 0.1) is 0 Å². The maximum atomic E-state index is 13.0. The Morgan fingerprint density at radius 3 is 1.19 bits per heavy atom. The second-order valence-electron chi connectivity index (χ2n) is 24.6. The molecule has 0 saturated carbocycles. The number of esters is 1. The zero-order valence-corrected chi connectivity index (χ0v) is 53.0. The van der Waals surface area contributed by atoms with Crippen LogP contribution in [0.3, 0.4) is 0 Å². The van der Waals surface area contributed by atoms with Crippen molar-refractivity contribution < 1.29 is 49.3 Å². The SMILES string of the molecule is CCCCCCCCC/C=C/C(O)C(COC1OC(CO)C(O)C(O)C1O)NC(=O)CCCCCCCCCCCCCCCCC/C=C\CCCCCCCCCCCCCCOC(=O)CCCCCCCCCCCCCCC. The minimum Gasteiger partial charge on any atom is -0.466 e. The van der Waals surface area contributed by atoms with Gasteiger partial charge < -0.3 is 45.1 Å². The van der Waals surface area contributed by atoms with E-state index in [9.17, 15) is 35.1 Å². The average Bonchev–Trinajstić information content (AvgIpc) is 3.48. The van der Waals surface area contributed by atoms with E-state index in [1.807, 2.05) is 6.08 Å². The molecule has 0 aromatic heterocycles. The molecule has 11 nitrogen and oxygen atoms in total. The van der Waals surface area contributed by atoms with E-state index in [0.717, 1.165) is 51.4 Å². The Kier molecular flexibility index (Phi) is 57.0. The number of rotatable bonds is 62. The van der Waals surface area contributed by atoms with E-state index in [1.165, 1.54) is 270 Å². The second kappa shape index (κ2) is 59.9. The van der Waals surface area contributed by atoms with Gasteiger partial charge in [-0.1, -0.05) is 301 Å². The van der Waals surface area contributed by atoms with Crippen LogP contribution in [-0.4, -0.2) is 100 Å². The molecular weight excluding hydrogens is 1010 g/mol. The number of aliphatic hydroxyl groups is 5. The number of aliphatic hydroxyl groups excluding tert-OH is 5. The monoisotopic (exact) mass is 1150 g/mol. The van der Waals surface area contributed by atoms with Crippen molar-refractivity contribution in [3.8, 4) is 0 Å². The summed E-state index contributed by atoms with van der Waals surface area (Å²) in [5, 5.41) is 54.3. The van der Waals surface area contributed by atoms with Gasteiger partial charge in [-0.2, -0.15) is 0 Å². The molecule has 11 heteroatoms. The third-order valence-corrected chi connectivity index (χ3v) is 16.8. The van der Waals surface area contributed by atoms with Crippen LogP contribution in [0.5, 0.6) is 0 Å². The van der Waals surface area contributed by atoms with Gasteiger partial charge in [-0.15, -0.1) is 0 Å². The highest BCUT2D eigenvalue weighted by Crippen LogP contribution is 2.23. The standard InChI is InChI=1S/C70H133NO10/c1-3-5-7-9-11-13-14-34-38-42-46-50-54-58-66(75)79-59-55-51-47-43-39-36-33-31-29-27-25-23-21-19-17-15-16-18-20-22-24-26-28-30-32-35-37-41-45-49-53-57-65(74)71-62(63(73)56-52-48-44-40-12-10-8-6-4-2)61-80-70-69(78)68(77)67(76)64(60-72)81-70/h17,19,52,56,62-64,67-70,72-73,76-78H,3-16,18,20-51,53-55,57-61H2,1-2H3,(H,71,74)/b19-17-,56-52+. The predicted molar refractivity (Wildman–Crippen MR) is 338 cm³/mol. The van der Waals surface area contributed by atoms with E-state index >= 15 is 0 Å².